The maximum absolute atomic E-state index is 9.69. The van der Waals surface area contributed by atoms with E-state index in [4.69, 9.17) is 0 Å². The van der Waals surface area contributed by atoms with E-state index in [0.717, 1.165) is 0 Å². The van der Waals surface area contributed by atoms with Crippen LogP contribution in [0.15, 0.2) is 0 Å². The topological polar surface area (TPSA) is 133 Å². The fraction of sp³-hybridized carbons (Fsp3) is 1.00. The smallest absolute Gasteiger partial charge is 0.726 e. The van der Waals surface area contributed by atoms with Gasteiger partial charge in [0.1, 0.15) is 0 Å². The molecule has 0 bridgehead atoms. The fourth-order valence-electron chi connectivity index (χ4n) is 0.272. The van der Waals surface area contributed by atoms with E-state index in [2.05, 4.69) is 8.37 Å². The van der Waals surface area contributed by atoms with E-state index in [0.29, 0.717) is 0 Å². The monoisotopic (exact) mass is 266 g/mol. The van der Waals surface area contributed by atoms with Crippen molar-refractivity contribution in [3.8, 4) is 0 Å². The number of hydrogen-bond donors (Lipinski definition) is 0. The van der Waals surface area contributed by atoms with Crippen LogP contribution in [-0.4, -0.2) is 39.2 Å². The summed E-state index contributed by atoms with van der Waals surface area (Å²) in [5.41, 5.74) is 0. The average molecular weight is 266 g/mol. The van der Waals surface area contributed by atoms with Gasteiger partial charge in [0.05, 0.1) is 13.2 Å². The maximum atomic E-state index is 9.69. The molecule has 14 heavy (non-hydrogen) atoms. The molecule has 8 nitrogen and oxygen atoms in total. The Balaban J connectivity index is -0.000000605. The summed E-state index contributed by atoms with van der Waals surface area (Å²) in [4.78, 5) is 0. The Morgan fingerprint density at radius 3 is 1.14 bits per heavy atom. The van der Waals surface area contributed by atoms with Crippen LogP contribution in [0.5, 0.6) is 0 Å². The molecular formula is C2H4Na2O8S2. The third-order valence-electron chi connectivity index (χ3n) is 0.539. The summed E-state index contributed by atoms with van der Waals surface area (Å²) >= 11 is 0. The molecule has 0 unspecified atom stereocenters. The third-order valence-corrected chi connectivity index (χ3v) is 1.45. The zero-order valence-corrected chi connectivity index (χ0v) is 13.1. The van der Waals surface area contributed by atoms with Crippen molar-refractivity contribution in [2.24, 2.45) is 0 Å². The van der Waals surface area contributed by atoms with E-state index in [1.54, 1.807) is 0 Å². The molecule has 0 radical (unpaired) electrons. The second kappa shape index (κ2) is 8.84. The Morgan fingerprint density at radius 2 is 1.00 bits per heavy atom. The summed E-state index contributed by atoms with van der Waals surface area (Å²) < 4.78 is 65.2. The van der Waals surface area contributed by atoms with Crippen LogP contribution in [0.1, 0.15) is 0 Å². The molecule has 12 heteroatoms. The van der Waals surface area contributed by atoms with Crippen LogP contribution in [-0.2, 0) is 29.2 Å². The van der Waals surface area contributed by atoms with Crippen molar-refractivity contribution in [1.82, 2.24) is 0 Å². The van der Waals surface area contributed by atoms with Gasteiger partial charge in [-0.05, 0) is 0 Å². The predicted octanol–water partition coefficient (Wildman–Crippen LogP) is -8.05. The summed E-state index contributed by atoms with van der Waals surface area (Å²) in [5, 5.41) is 0. The Hall–Kier alpha value is 1.74. The van der Waals surface area contributed by atoms with Gasteiger partial charge in [-0.1, -0.05) is 0 Å². The van der Waals surface area contributed by atoms with Crippen molar-refractivity contribution in [2.45, 2.75) is 0 Å². The van der Waals surface area contributed by atoms with Crippen LogP contribution in [0, 0.1) is 0 Å². The van der Waals surface area contributed by atoms with Gasteiger partial charge >= 0.3 is 59.1 Å². The van der Waals surface area contributed by atoms with Gasteiger partial charge in [-0.3, -0.25) is 8.37 Å². The second-order valence-electron chi connectivity index (χ2n) is 1.46. The van der Waals surface area contributed by atoms with Gasteiger partial charge < -0.3 is 9.11 Å². The normalized spacial score (nSPS) is 11.3. The average Bonchev–Trinajstić information content (AvgIpc) is 1.76. The van der Waals surface area contributed by atoms with Gasteiger partial charge in [-0.2, -0.15) is 0 Å². The van der Waals surface area contributed by atoms with E-state index in [9.17, 15) is 25.9 Å². The minimum atomic E-state index is -4.87. The zero-order chi connectivity index (χ0) is 9.83. The molecule has 0 N–H and O–H groups in total. The Labute approximate surface area is 126 Å². The minimum Gasteiger partial charge on any atom is -0.726 e. The zero-order valence-electron chi connectivity index (χ0n) is 7.50. The summed E-state index contributed by atoms with van der Waals surface area (Å²) in [7, 11) is -9.74. The molecule has 0 fully saturated rings. The molecule has 0 aromatic rings. The van der Waals surface area contributed by atoms with E-state index in [1.165, 1.54) is 0 Å². The van der Waals surface area contributed by atoms with E-state index >= 15 is 0 Å². The van der Waals surface area contributed by atoms with Crippen LogP contribution in [0.25, 0.3) is 0 Å². The van der Waals surface area contributed by atoms with Gasteiger partial charge in [-0.15, -0.1) is 0 Å². The van der Waals surface area contributed by atoms with Gasteiger partial charge in [-0.25, -0.2) is 16.8 Å². The summed E-state index contributed by atoms with van der Waals surface area (Å²) in [6, 6.07) is 0. The maximum Gasteiger partial charge on any atom is 1.00 e. The van der Waals surface area contributed by atoms with Crippen molar-refractivity contribution in [3.63, 3.8) is 0 Å². The Morgan fingerprint density at radius 1 is 0.786 bits per heavy atom. The van der Waals surface area contributed by atoms with E-state index < -0.39 is 34.0 Å². The molecule has 0 amide bonds. The number of hydrogen-bond acceptors (Lipinski definition) is 8. The Kier molecular flexibility index (Phi) is 13.3. The molecule has 0 aliphatic heterocycles. The van der Waals surface area contributed by atoms with E-state index in [1.807, 2.05) is 0 Å². The van der Waals surface area contributed by atoms with Crippen LogP contribution in [0.3, 0.4) is 0 Å². The molecular weight excluding hydrogens is 262 g/mol. The van der Waals surface area contributed by atoms with Crippen LogP contribution < -0.4 is 59.1 Å². The third kappa shape index (κ3) is 19.3. The summed E-state index contributed by atoms with van der Waals surface area (Å²) in [5.74, 6) is 0. The SMILES string of the molecule is O=S(=O)([O-])OCCOS(=O)(=O)[O-].[Na+].[Na+]. The molecule has 74 valence electrons. The molecule has 0 spiro atoms. The molecule has 0 aliphatic rings. The first kappa shape index (κ1) is 21.1. The van der Waals surface area contributed by atoms with Crippen molar-refractivity contribution in [1.29, 1.82) is 0 Å². The standard InChI is InChI=1S/C2H6O8S2.2Na/c3-11(4,5)9-1-2-10-12(6,7)8;;/h1-2H2,(H,3,4,5)(H,6,7,8);;/q;2*+1/p-2. The van der Waals surface area contributed by atoms with Gasteiger partial charge in [0.25, 0.3) is 0 Å². The molecule has 0 atom stereocenters. The van der Waals surface area contributed by atoms with Crippen molar-refractivity contribution < 1.29 is 93.4 Å². The van der Waals surface area contributed by atoms with Gasteiger partial charge in [0.15, 0.2) is 0 Å². The molecule has 0 saturated heterocycles. The van der Waals surface area contributed by atoms with Crippen LogP contribution in [0.2, 0.25) is 0 Å². The Bertz CT molecular complexity index is 283. The van der Waals surface area contributed by atoms with Crippen LogP contribution in [0.4, 0.5) is 0 Å². The van der Waals surface area contributed by atoms with Crippen LogP contribution >= 0.6 is 0 Å². The van der Waals surface area contributed by atoms with Crippen molar-refractivity contribution >= 4 is 20.8 Å². The largest absolute Gasteiger partial charge is 1.00 e. The van der Waals surface area contributed by atoms with Crippen molar-refractivity contribution in [3.05, 3.63) is 0 Å². The molecule has 0 aliphatic carbocycles. The first-order chi connectivity index (χ1) is 5.21. The molecule has 0 aromatic carbocycles. The first-order valence-corrected chi connectivity index (χ1v) is 5.08. The summed E-state index contributed by atoms with van der Waals surface area (Å²) in [6.07, 6.45) is 0. The van der Waals surface area contributed by atoms with Gasteiger partial charge in [0, 0.05) is 0 Å². The molecule has 0 saturated carbocycles. The number of rotatable bonds is 5. The first-order valence-electron chi connectivity index (χ1n) is 2.41. The van der Waals surface area contributed by atoms with Crippen molar-refractivity contribution in [2.75, 3.05) is 13.2 Å². The summed E-state index contributed by atoms with van der Waals surface area (Å²) in [6.45, 7) is -1.62. The molecule has 0 rings (SSSR count). The van der Waals surface area contributed by atoms with E-state index in [-0.39, 0.29) is 59.1 Å². The quantitative estimate of drug-likeness (QED) is 0.207. The second-order valence-corrected chi connectivity index (χ2v) is 3.56. The fourth-order valence-corrected chi connectivity index (χ4v) is 0.816. The minimum absolute atomic E-state index is 0. The van der Waals surface area contributed by atoms with Gasteiger partial charge in [0.2, 0.25) is 20.8 Å². The predicted molar refractivity (Wildman–Crippen MR) is 31.3 cm³/mol. The molecule has 0 aromatic heterocycles. The molecule has 0 heterocycles.